The molecule has 0 saturated heterocycles. The first kappa shape index (κ1) is 17.3. The van der Waals surface area contributed by atoms with Crippen LogP contribution >= 0.6 is 15.9 Å². The van der Waals surface area contributed by atoms with Crippen molar-refractivity contribution < 1.29 is 13.6 Å². The van der Waals surface area contributed by atoms with Crippen LogP contribution in [0.5, 0.6) is 0 Å². The Kier molecular flexibility index (Phi) is 5.25. The number of carbonyl (C=O) groups is 1. The molecule has 2 aromatic rings. The first-order chi connectivity index (χ1) is 10.9. The van der Waals surface area contributed by atoms with E-state index in [2.05, 4.69) is 15.9 Å². The molecule has 0 spiro atoms. The van der Waals surface area contributed by atoms with E-state index in [0.717, 1.165) is 21.3 Å². The maximum absolute atomic E-state index is 13.8. The van der Waals surface area contributed by atoms with E-state index in [1.807, 2.05) is 0 Å². The van der Waals surface area contributed by atoms with Crippen LogP contribution in [-0.4, -0.2) is 15.4 Å². The molecule has 0 saturated carbocycles. The normalized spacial score (nSPS) is 10.8. The summed E-state index contributed by atoms with van der Waals surface area (Å²) >= 11 is 3.10. The monoisotopic (exact) mass is 386 g/mol. The quantitative estimate of drug-likeness (QED) is 0.736. The molecule has 0 aliphatic carbocycles. The third-order valence-corrected chi connectivity index (χ3v) is 4.24. The van der Waals surface area contributed by atoms with E-state index in [0.29, 0.717) is 18.4 Å². The molecular formula is C15H13BrF2N2O3. The van der Waals surface area contributed by atoms with Crippen molar-refractivity contribution in [2.75, 3.05) is 0 Å². The summed E-state index contributed by atoms with van der Waals surface area (Å²) < 4.78 is 29.6. The molecule has 0 aliphatic rings. The van der Waals surface area contributed by atoms with Gasteiger partial charge < -0.3 is 4.79 Å². The number of aromatic nitrogens is 2. The first-order valence-electron chi connectivity index (χ1n) is 6.80. The number of nitrogens with zero attached hydrogens (tertiary/aromatic N) is 2. The number of hydrogen-bond donors (Lipinski definition) is 0. The van der Waals surface area contributed by atoms with Crippen molar-refractivity contribution in [1.82, 2.24) is 9.13 Å². The van der Waals surface area contributed by atoms with Crippen molar-refractivity contribution in [2.24, 2.45) is 0 Å². The highest BCUT2D eigenvalue weighted by Crippen LogP contribution is 2.16. The van der Waals surface area contributed by atoms with Gasteiger partial charge in [-0.05, 0) is 34.5 Å². The molecule has 0 aliphatic heterocycles. The van der Waals surface area contributed by atoms with Crippen LogP contribution in [-0.2, 0) is 24.3 Å². The Morgan fingerprint density at radius 1 is 1.17 bits per heavy atom. The van der Waals surface area contributed by atoms with Gasteiger partial charge in [0.1, 0.15) is 22.4 Å². The fourth-order valence-electron chi connectivity index (χ4n) is 2.29. The van der Waals surface area contributed by atoms with E-state index < -0.39 is 29.4 Å². The average molecular weight is 387 g/mol. The van der Waals surface area contributed by atoms with Crippen molar-refractivity contribution >= 4 is 22.2 Å². The van der Waals surface area contributed by atoms with Gasteiger partial charge in [-0.1, -0.05) is 13.0 Å². The van der Waals surface area contributed by atoms with E-state index in [4.69, 9.17) is 0 Å². The van der Waals surface area contributed by atoms with Crippen LogP contribution < -0.4 is 11.2 Å². The van der Waals surface area contributed by atoms with Crippen molar-refractivity contribution in [3.63, 3.8) is 0 Å². The minimum absolute atomic E-state index is 0.0956. The summed E-state index contributed by atoms with van der Waals surface area (Å²) in [4.78, 5) is 35.2. The molecule has 0 radical (unpaired) electrons. The van der Waals surface area contributed by atoms with E-state index in [-0.39, 0.29) is 16.6 Å². The number of halogens is 3. The molecule has 2 rings (SSSR count). The number of hydrogen-bond acceptors (Lipinski definition) is 3. The van der Waals surface area contributed by atoms with Gasteiger partial charge in [-0.25, -0.2) is 13.6 Å². The topological polar surface area (TPSA) is 61.1 Å². The van der Waals surface area contributed by atoms with Gasteiger partial charge in [0.15, 0.2) is 0 Å². The van der Waals surface area contributed by atoms with Crippen molar-refractivity contribution in [1.29, 1.82) is 0 Å². The molecule has 1 heterocycles. The lowest BCUT2D eigenvalue weighted by Gasteiger charge is -2.16. The Bertz CT molecular complexity index is 854. The fraction of sp³-hybridized carbons (Fsp3) is 0.267. The molecule has 0 fully saturated rings. The molecule has 0 amide bonds. The third-order valence-electron chi connectivity index (χ3n) is 3.44. The summed E-state index contributed by atoms with van der Waals surface area (Å²) in [6, 6.07) is 3.40. The minimum atomic E-state index is -0.789. The highest BCUT2D eigenvalue weighted by Gasteiger charge is 2.18. The zero-order valence-electron chi connectivity index (χ0n) is 12.2. The first-order valence-corrected chi connectivity index (χ1v) is 7.60. The van der Waals surface area contributed by atoms with Gasteiger partial charge in [-0.15, -0.1) is 0 Å². The van der Waals surface area contributed by atoms with Gasteiger partial charge in [-0.2, -0.15) is 0 Å². The van der Waals surface area contributed by atoms with E-state index in [1.165, 1.54) is 6.07 Å². The molecule has 0 atom stereocenters. The molecule has 122 valence electrons. The SMILES string of the molecule is CCc1c(Br)c(=O)n(CC=O)c(=O)n1Cc1c(F)cccc1F. The maximum atomic E-state index is 13.8. The van der Waals surface area contributed by atoms with Crippen LogP contribution in [0.3, 0.4) is 0 Å². The Morgan fingerprint density at radius 3 is 2.30 bits per heavy atom. The fourth-order valence-corrected chi connectivity index (χ4v) is 3.00. The Morgan fingerprint density at radius 2 is 1.78 bits per heavy atom. The number of benzene rings is 1. The van der Waals surface area contributed by atoms with Gasteiger partial charge in [0.25, 0.3) is 5.56 Å². The smallest absolute Gasteiger partial charge is 0.301 e. The van der Waals surface area contributed by atoms with Crippen LogP contribution in [0, 0.1) is 11.6 Å². The molecule has 8 heteroatoms. The van der Waals surface area contributed by atoms with Gasteiger partial charge in [0.05, 0.1) is 13.1 Å². The van der Waals surface area contributed by atoms with Gasteiger partial charge >= 0.3 is 5.69 Å². The molecular weight excluding hydrogens is 374 g/mol. The highest BCUT2D eigenvalue weighted by atomic mass is 79.9. The van der Waals surface area contributed by atoms with Crippen LogP contribution in [0.25, 0.3) is 0 Å². The van der Waals surface area contributed by atoms with E-state index in [1.54, 1.807) is 6.92 Å². The van der Waals surface area contributed by atoms with Crippen molar-refractivity contribution in [3.8, 4) is 0 Å². The number of carbonyl (C=O) groups excluding carboxylic acids is 1. The standard InChI is InChI=1S/C15H13BrF2N2O3/c1-2-12-13(16)14(22)19(6-7-21)15(23)20(12)8-9-10(17)4-3-5-11(9)18/h3-5,7H,2,6,8H2,1H3. The zero-order chi connectivity index (χ0) is 17.1. The lowest BCUT2D eigenvalue weighted by Crippen LogP contribution is -2.42. The van der Waals surface area contributed by atoms with Crippen LogP contribution in [0.4, 0.5) is 8.78 Å². The Hall–Kier alpha value is -2.09. The molecule has 0 unspecified atom stereocenters. The maximum Gasteiger partial charge on any atom is 0.331 e. The second kappa shape index (κ2) is 6.99. The predicted molar refractivity (Wildman–Crippen MR) is 83.6 cm³/mol. The zero-order valence-corrected chi connectivity index (χ0v) is 13.8. The Labute approximate surface area is 138 Å². The average Bonchev–Trinajstić information content (AvgIpc) is 2.52. The molecule has 1 aromatic heterocycles. The molecule has 0 N–H and O–H groups in total. The van der Waals surface area contributed by atoms with Crippen molar-refractivity contribution in [2.45, 2.75) is 26.4 Å². The number of rotatable bonds is 5. The largest absolute Gasteiger partial charge is 0.331 e. The molecule has 5 nitrogen and oxygen atoms in total. The predicted octanol–water partition coefficient (Wildman–Crippen LogP) is 1.86. The molecule has 23 heavy (non-hydrogen) atoms. The minimum Gasteiger partial charge on any atom is -0.301 e. The molecule has 0 bridgehead atoms. The highest BCUT2D eigenvalue weighted by molar-refractivity contribution is 9.10. The van der Waals surface area contributed by atoms with Gasteiger partial charge in [0.2, 0.25) is 0 Å². The summed E-state index contributed by atoms with van der Waals surface area (Å²) in [6.07, 6.45) is 0.706. The van der Waals surface area contributed by atoms with Crippen LogP contribution in [0.2, 0.25) is 0 Å². The van der Waals surface area contributed by atoms with Crippen LogP contribution in [0.1, 0.15) is 18.2 Å². The van der Waals surface area contributed by atoms with Gasteiger partial charge in [-0.3, -0.25) is 13.9 Å². The van der Waals surface area contributed by atoms with E-state index in [9.17, 15) is 23.2 Å². The van der Waals surface area contributed by atoms with Crippen LogP contribution in [0.15, 0.2) is 32.3 Å². The Balaban J connectivity index is 2.73. The summed E-state index contributed by atoms with van der Waals surface area (Å²) in [5, 5.41) is 0. The number of aldehydes is 1. The second-order valence-electron chi connectivity index (χ2n) is 4.77. The summed E-state index contributed by atoms with van der Waals surface area (Å²) in [6.45, 7) is 0.898. The van der Waals surface area contributed by atoms with Gasteiger partial charge in [0, 0.05) is 11.3 Å². The lowest BCUT2D eigenvalue weighted by molar-refractivity contribution is -0.108. The molecule has 1 aromatic carbocycles. The summed E-state index contributed by atoms with van der Waals surface area (Å²) in [5.41, 5.74) is -1.41. The van der Waals surface area contributed by atoms with Crippen molar-refractivity contribution in [3.05, 3.63) is 66.4 Å². The third kappa shape index (κ3) is 3.17. The van der Waals surface area contributed by atoms with E-state index >= 15 is 0 Å². The lowest BCUT2D eigenvalue weighted by atomic mass is 10.2. The summed E-state index contributed by atoms with van der Waals surface area (Å²) in [5.74, 6) is -1.58. The summed E-state index contributed by atoms with van der Waals surface area (Å²) in [7, 11) is 0. The second-order valence-corrected chi connectivity index (χ2v) is 5.56.